The molecule has 0 aliphatic rings. The van der Waals surface area contributed by atoms with Crippen LogP contribution in [0.2, 0.25) is 10.2 Å². The third-order valence-corrected chi connectivity index (χ3v) is 3.48. The number of methoxy groups -OCH3 is 1. The van der Waals surface area contributed by atoms with E-state index in [-0.39, 0.29) is 0 Å². The maximum Gasteiger partial charge on any atom is 0.165 e. The van der Waals surface area contributed by atoms with Crippen LogP contribution in [-0.2, 0) is 0 Å². The monoisotopic (exact) mass is 304 g/mol. The smallest absolute Gasteiger partial charge is 0.165 e. The first-order valence-electron chi connectivity index (χ1n) is 5.95. The van der Waals surface area contributed by atoms with E-state index in [0.29, 0.717) is 27.3 Å². The van der Waals surface area contributed by atoms with Crippen LogP contribution in [0.1, 0.15) is 0 Å². The molecular formula is C15H10Cl2N2O. The number of aromatic nitrogens is 2. The third-order valence-electron chi connectivity index (χ3n) is 2.96. The van der Waals surface area contributed by atoms with E-state index in [1.165, 1.54) is 0 Å². The Bertz CT molecular complexity index is 790. The number of hydrogen-bond donors (Lipinski definition) is 0. The summed E-state index contributed by atoms with van der Waals surface area (Å²) in [6.45, 7) is 0. The highest BCUT2D eigenvalue weighted by Crippen LogP contribution is 2.32. The molecule has 3 nitrogen and oxygen atoms in total. The first kappa shape index (κ1) is 13.2. The summed E-state index contributed by atoms with van der Waals surface area (Å²) in [6, 6.07) is 12.9. The molecule has 2 aromatic carbocycles. The molecule has 20 heavy (non-hydrogen) atoms. The Morgan fingerprint density at radius 1 is 1.00 bits per heavy atom. The number of nitrogens with zero attached hydrogens (tertiary/aromatic N) is 2. The van der Waals surface area contributed by atoms with Gasteiger partial charge in [-0.25, -0.2) is 9.97 Å². The van der Waals surface area contributed by atoms with Gasteiger partial charge in [0, 0.05) is 10.4 Å². The molecule has 0 radical (unpaired) electrons. The Morgan fingerprint density at radius 3 is 2.60 bits per heavy atom. The van der Waals surface area contributed by atoms with Gasteiger partial charge in [0.15, 0.2) is 5.82 Å². The van der Waals surface area contributed by atoms with Crippen molar-refractivity contribution in [3.8, 4) is 17.1 Å². The quantitative estimate of drug-likeness (QED) is 0.648. The fourth-order valence-electron chi connectivity index (χ4n) is 2.01. The number of rotatable bonds is 2. The van der Waals surface area contributed by atoms with Crippen LogP contribution >= 0.6 is 23.2 Å². The molecule has 0 fully saturated rings. The molecule has 0 aliphatic heterocycles. The number of hydrogen-bond acceptors (Lipinski definition) is 3. The van der Waals surface area contributed by atoms with Gasteiger partial charge in [-0.2, -0.15) is 0 Å². The second-order valence-corrected chi connectivity index (χ2v) is 4.99. The van der Waals surface area contributed by atoms with Gasteiger partial charge in [-0.05, 0) is 30.3 Å². The van der Waals surface area contributed by atoms with Crippen molar-refractivity contribution in [2.45, 2.75) is 0 Å². The van der Waals surface area contributed by atoms with E-state index in [1.807, 2.05) is 24.3 Å². The van der Waals surface area contributed by atoms with Gasteiger partial charge in [-0.3, -0.25) is 0 Å². The van der Waals surface area contributed by atoms with E-state index >= 15 is 0 Å². The topological polar surface area (TPSA) is 35.0 Å². The number of para-hydroxylation sites is 1. The lowest BCUT2D eigenvalue weighted by molar-refractivity contribution is 0.416. The normalized spacial score (nSPS) is 10.8. The molecule has 0 N–H and O–H groups in total. The summed E-state index contributed by atoms with van der Waals surface area (Å²) in [4.78, 5) is 8.86. The lowest BCUT2D eigenvalue weighted by atomic mass is 10.1. The van der Waals surface area contributed by atoms with Crippen LogP contribution in [0, 0.1) is 0 Å². The second kappa shape index (κ2) is 5.27. The summed E-state index contributed by atoms with van der Waals surface area (Å²) in [5, 5.41) is 1.82. The molecule has 0 bridgehead atoms. The van der Waals surface area contributed by atoms with Crippen molar-refractivity contribution in [1.29, 1.82) is 0 Å². The molecule has 0 saturated heterocycles. The van der Waals surface area contributed by atoms with Crippen LogP contribution in [0.15, 0.2) is 42.5 Å². The van der Waals surface area contributed by atoms with Crippen molar-refractivity contribution >= 4 is 34.1 Å². The maximum atomic E-state index is 6.22. The highest BCUT2D eigenvalue weighted by atomic mass is 35.5. The predicted molar refractivity (Wildman–Crippen MR) is 81.5 cm³/mol. The zero-order chi connectivity index (χ0) is 14.1. The fraction of sp³-hybridized carbons (Fsp3) is 0.0667. The molecule has 3 aromatic rings. The molecule has 3 rings (SSSR count). The van der Waals surface area contributed by atoms with Gasteiger partial charge in [0.05, 0.1) is 18.2 Å². The Labute approximate surface area is 126 Å². The molecule has 0 spiro atoms. The Morgan fingerprint density at radius 2 is 1.80 bits per heavy atom. The summed E-state index contributed by atoms with van der Waals surface area (Å²) in [7, 11) is 1.59. The molecular weight excluding hydrogens is 295 g/mol. The maximum absolute atomic E-state index is 6.22. The van der Waals surface area contributed by atoms with Gasteiger partial charge in [0.2, 0.25) is 0 Å². The molecule has 0 atom stereocenters. The van der Waals surface area contributed by atoms with E-state index < -0.39 is 0 Å². The van der Waals surface area contributed by atoms with E-state index in [9.17, 15) is 0 Å². The minimum Gasteiger partial charge on any atom is -0.496 e. The highest BCUT2D eigenvalue weighted by molar-refractivity contribution is 6.34. The minimum atomic E-state index is 0.410. The fourth-order valence-corrected chi connectivity index (χ4v) is 2.43. The molecule has 0 aliphatic carbocycles. The second-order valence-electron chi connectivity index (χ2n) is 4.20. The van der Waals surface area contributed by atoms with Gasteiger partial charge in [-0.15, -0.1) is 0 Å². The van der Waals surface area contributed by atoms with Crippen molar-refractivity contribution in [2.24, 2.45) is 0 Å². The SMILES string of the molecule is COc1ccc(Cl)cc1-c1nc(Cl)c2ccccc2n1. The molecule has 1 heterocycles. The van der Waals surface area contributed by atoms with Crippen LogP contribution in [0.4, 0.5) is 0 Å². The van der Waals surface area contributed by atoms with Crippen LogP contribution in [-0.4, -0.2) is 17.1 Å². The van der Waals surface area contributed by atoms with Gasteiger partial charge < -0.3 is 4.74 Å². The first-order valence-corrected chi connectivity index (χ1v) is 6.71. The van der Waals surface area contributed by atoms with Gasteiger partial charge in [-0.1, -0.05) is 35.3 Å². The average Bonchev–Trinajstić information content (AvgIpc) is 2.47. The average molecular weight is 305 g/mol. The molecule has 1 aromatic heterocycles. The van der Waals surface area contributed by atoms with Gasteiger partial charge in [0.1, 0.15) is 10.9 Å². The van der Waals surface area contributed by atoms with Crippen LogP contribution in [0.5, 0.6) is 5.75 Å². The Balaban J connectivity index is 2.27. The summed E-state index contributed by atoms with van der Waals surface area (Å²) in [5.41, 5.74) is 1.50. The first-order chi connectivity index (χ1) is 9.69. The van der Waals surface area contributed by atoms with E-state index in [4.69, 9.17) is 27.9 Å². The predicted octanol–water partition coefficient (Wildman–Crippen LogP) is 4.61. The molecule has 0 unspecified atom stereocenters. The number of ether oxygens (including phenoxy) is 1. The molecule has 0 amide bonds. The van der Waals surface area contributed by atoms with Crippen molar-refractivity contribution in [3.05, 3.63) is 52.6 Å². The molecule has 5 heteroatoms. The van der Waals surface area contributed by atoms with Gasteiger partial charge >= 0.3 is 0 Å². The summed E-state index contributed by atoms with van der Waals surface area (Å²) < 4.78 is 5.32. The van der Waals surface area contributed by atoms with Crippen LogP contribution in [0.3, 0.4) is 0 Å². The molecule has 100 valence electrons. The van der Waals surface area contributed by atoms with Crippen LogP contribution < -0.4 is 4.74 Å². The Hall–Kier alpha value is -1.84. The van der Waals surface area contributed by atoms with Crippen molar-refractivity contribution in [1.82, 2.24) is 9.97 Å². The highest BCUT2D eigenvalue weighted by Gasteiger charge is 2.12. The Kier molecular flexibility index (Phi) is 3.47. The lowest BCUT2D eigenvalue weighted by Gasteiger charge is -2.09. The number of halogens is 2. The van der Waals surface area contributed by atoms with Crippen LogP contribution in [0.25, 0.3) is 22.3 Å². The lowest BCUT2D eigenvalue weighted by Crippen LogP contribution is -1.95. The summed E-state index contributed by atoms with van der Waals surface area (Å²) in [5.74, 6) is 1.15. The standard InChI is InChI=1S/C15H10Cl2N2O/c1-20-13-7-6-9(16)8-11(13)15-18-12-5-3-2-4-10(12)14(17)19-15/h2-8H,1H3. The van der Waals surface area contributed by atoms with Crippen molar-refractivity contribution in [3.63, 3.8) is 0 Å². The number of fused-ring (bicyclic) bond motifs is 1. The number of benzene rings is 2. The molecule has 0 saturated carbocycles. The zero-order valence-electron chi connectivity index (χ0n) is 10.6. The van der Waals surface area contributed by atoms with E-state index in [0.717, 1.165) is 10.9 Å². The zero-order valence-corrected chi connectivity index (χ0v) is 12.1. The van der Waals surface area contributed by atoms with Gasteiger partial charge in [0.25, 0.3) is 0 Å². The minimum absolute atomic E-state index is 0.410. The largest absolute Gasteiger partial charge is 0.496 e. The van der Waals surface area contributed by atoms with E-state index in [1.54, 1.807) is 25.3 Å². The summed E-state index contributed by atoms with van der Waals surface area (Å²) >= 11 is 12.3. The van der Waals surface area contributed by atoms with E-state index in [2.05, 4.69) is 9.97 Å². The van der Waals surface area contributed by atoms with Crippen molar-refractivity contribution < 1.29 is 4.74 Å². The summed E-state index contributed by atoms with van der Waals surface area (Å²) in [6.07, 6.45) is 0. The third kappa shape index (κ3) is 2.30. The van der Waals surface area contributed by atoms with Crippen molar-refractivity contribution in [2.75, 3.05) is 7.11 Å².